The first-order valence-electron chi connectivity index (χ1n) is 3.59. The van der Waals surface area contributed by atoms with Crippen molar-refractivity contribution in [2.45, 2.75) is 6.10 Å². The number of aliphatic hydroxyl groups is 1. The van der Waals surface area contributed by atoms with E-state index in [0.717, 1.165) is 12.1 Å². The molecular formula is C8H8F3NO. The maximum absolute atomic E-state index is 12.9. The third-order valence-electron chi connectivity index (χ3n) is 1.65. The van der Waals surface area contributed by atoms with Crippen LogP contribution < -0.4 is 5.73 Å². The van der Waals surface area contributed by atoms with Crippen molar-refractivity contribution in [1.82, 2.24) is 0 Å². The van der Waals surface area contributed by atoms with Crippen molar-refractivity contribution in [1.29, 1.82) is 0 Å². The van der Waals surface area contributed by atoms with Crippen LogP contribution in [0.4, 0.5) is 13.2 Å². The van der Waals surface area contributed by atoms with Crippen LogP contribution in [0.3, 0.4) is 0 Å². The van der Waals surface area contributed by atoms with Crippen LogP contribution in [0.25, 0.3) is 0 Å². The summed E-state index contributed by atoms with van der Waals surface area (Å²) in [4.78, 5) is 0. The summed E-state index contributed by atoms with van der Waals surface area (Å²) >= 11 is 0. The van der Waals surface area contributed by atoms with Gasteiger partial charge in [-0.15, -0.1) is 0 Å². The Kier molecular flexibility index (Phi) is 2.90. The van der Waals surface area contributed by atoms with Crippen molar-refractivity contribution in [3.63, 3.8) is 0 Å². The van der Waals surface area contributed by atoms with E-state index in [9.17, 15) is 13.2 Å². The fraction of sp³-hybridized carbons (Fsp3) is 0.250. The van der Waals surface area contributed by atoms with Crippen molar-refractivity contribution in [3.8, 4) is 0 Å². The molecule has 0 radical (unpaired) electrons. The monoisotopic (exact) mass is 191 g/mol. The molecule has 0 spiro atoms. The Hall–Kier alpha value is -1.07. The van der Waals surface area contributed by atoms with Crippen molar-refractivity contribution in [2.75, 3.05) is 6.54 Å². The van der Waals surface area contributed by atoms with Crippen LogP contribution >= 0.6 is 0 Å². The van der Waals surface area contributed by atoms with E-state index in [-0.39, 0.29) is 12.1 Å². The van der Waals surface area contributed by atoms with Gasteiger partial charge in [-0.2, -0.15) is 0 Å². The summed E-state index contributed by atoms with van der Waals surface area (Å²) in [5.74, 6) is -4.27. The zero-order chi connectivity index (χ0) is 10.0. The second kappa shape index (κ2) is 3.76. The van der Waals surface area contributed by atoms with Crippen molar-refractivity contribution >= 4 is 0 Å². The van der Waals surface area contributed by atoms with Crippen LogP contribution in [0.1, 0.15) is 11.7 Å². The molecule has 72 valence electrons. The van der Waals surface area contributed by atoms with Gasteiger partial charge in [-0.05, 0) is 6.07 Å². The number of hydrogen-bond donors (Lipinski definition) is 2. The zero-order valence-corrected chi connectivity index (χ0v) is 6.60. The number of aliphatic hydroxyl groups excluding tert-OH is 1. The van der Waals surface area contributed by atoms with Crippen LogP contribution in [0.2, 0.25) is 0 Å². The third kappa shape index (κ3) is 1.81. The number of rotatable bonds is 2. The Morgan fingerprint density at radius 2 is 1.85 bits per heavy atom. The minimum absolute atomic E-state index is 0.248. The summed E-state index contributed by atoms with van der Waals surface area (Å²) in [6.07, 6.45) is -1.31. The molecule has 0 aliphatic rings. The number of hydrogen-bond acceptors (Lipinski definition) is 2. The standard InChI is InChI=1S/C8H8F3NO/c9-5-2-1-4(6(13)3-12)7(10)8(5)11/h1-2,6,13H,3,12H2/t6-/m1/s1. The van der Waals surface area contributed by atoms with Gasteiger partial charge in [0.1, 0.15) is 0 Å². The Labute approximate surface area is 72.8 Å². The van der Waals surface area contributed by atoms with Crippen molar-refractivity contribution < 1.29 is 18.3 Å². The highest BCUT2D eigenvalue weighted by atomic mass is 19.2. The molecule has 0 aliphatic carbocycles. The highest BCUT2D eigenvalue weighted by molar-refractivity contribution is 5.22. The predicted molar refractivity (Wildman–Crippen MR) is 40.3 cm³/mol. The molecule has 0 bridgehead atoms. The molecule has 3 N–H and O–H groups in total. The number of halogens is 3. The Morgan fingerprint density at radius 1 is 1.23 bits per heavy atom. The van der Waals surface area contributed by atoms with Gasteiger partial charge in [-0.3, -0.25) is 0 Å². The molecule has 0 saturated heterocycles. The van der Waals surface area contributed by atoms with Gasteiger partial charge in [-0.25, -0.2) is 13.2 Å². The van der Waals surface area contributed by atoms with Crippen LogP contribution in [-0.4, -0.2) is 11.7 Å². The van der Waals surface area contributed by atoms with E-state index >= 15 is 0 Å². The number of nitrogens with two attached hydrogens (primary N) is 1. The Morgan fingerprint density at radius 3 is 2.38 bits per heavy atom. The van der Waals surface area contributed by atoms with Gasteiger partial charge < -0.3 is 10.8 Å². The highest BCUT2D eigenvalue weighted by Gasteiger charge is 2.17. The second-order valence-electron chi connectivity index (χ2n) is 2.52. The minimum Gasteiger partial charge on any atom is -0.387 e. The van der Waals surface area contributed by atoms with Gasteiger partial charge in [0.05, 0.1) is 6.10 Å². The molecule has 0 aromatic heterocycles. The SMILES string of the molecule is NC[C@@H](O)c1ccc(F)c(F)c1F. The maximum Gasteiger partial charge on any atom is 0.194 e. The molecule has 13 heavy (non-hydrogen) atoms. The summed E-state index contributed by atoms with van der Waals surface area (Å²) in [5, 5.41) is 9.07. The molecule has 0 saturated carbocycles. The van der Waals surface area contributed by atoms with E-state index in [2.05, 4.69) is 0 Å². The van der Waals surface area contributed by atoms with E-state index in [1.54, 1.807) is 0 Å². The minimum atomic E-state index is -1.59. The van der Waals surface area contributed by atoms with Gasteiger partial charge in [0.15, 0.2) is 17.5 Å². The fourth-order valence-corrected chi connectivity index (χ4v) is 0.925. The molecule has 0 fully saturated rings. The van der Waals surface area contributed by atoms with Gasteiger partial charge >= 0.3 is 0 Å². The van der Waals surface area contributed by atoms with E-state index in [4.69, 9.17) is 10.8 Å². The molecule has 0 unspecified atom stereocenters. The molecule has 0 heterocycles. The van der Waals surface area contributed by atoms with E-state index in [0.29, 0.717) is 0 Å². The first-order chi connectivity index (χ1) is 6.07. The normalized spacial score (nSPS) is 13.0. The molecule has 0 aliphatic heterocycles. The zero-order valence-electron chi connectivity index (χ0n) is 6.60. The van der Waals surface area contributed by atoms with Gasteiger partial charge in [-0.1, -0.05) is 6.07 Å². The lowest BCUT2D eigenvalue weighted by Crippen LogP contribution is -2.14. The summed E-state index contributed by atoms with van der Waals surface area (Å²) < 4.78 is 37.9. The van der Waals surface area contributed by atoms with Crippen LogP contribution in [-0.2, 0) is 0 Å². The van der Waals surface area contributed by atoms with E-state index in [1.807, 2.05) is 0 Å². The third-order valence-corrected chi connectivity index (χ3v) is 1.65. The summed E-state index contributed by atoms with van der Waals surface area (Å²) in [6.45, 7) is -0.248. The van der Waals surface area contributed by atoms with Gasteiger partial charge in [0, 0.05) is 12.1 Å². The molecule has 1 aromatic rings. The molecule has 5 heteroatoms. The lowest BCUT2D eigenvalue weighted by atomic mass is 10.1. The second-order valence-corrected chi connectivity index (χ2v) is 2.52. The van der Waals surface area contributed by atoms with Crippen LogP contribution in [0.15, 0.2) is 12.1 Å². The summed E-state index contributed by atoms with van der Waals surface area (Å²) in [7, 11) is 0. The lowest BCUT2D eigenvalue weighted by Gasteiger charge is -2.09. The lowest BCUT2D eigenvalue weighted by molar-refractivity contribution is 0.180. The van der Waals surface area contributed by atoms with Crippen LogP contribution in [0.5, 0.6) is 0 Å². The highest BCUT2D eigenvalue weighted by Crippen LogP contribution is 2.20. The summed E-state index contributed by atoms with van der Waals surface area (Å²) in [5.41, 5.74) is 4.70. The number of benzene rings is 1. The molecule has 1 atom stereocenters. The molecular weight excluding hydrogens is 183 g/mol. The molecule has 0 amide bonds. The predicted octanol–water partition coefficient (Wildman–Crippen LogP) is 1.10. The average molecular weight is 191 g/mol. The fourth-order valence-electron chi connectivity index (χ4n) is 0.925. The molecule has 1 rings (SSSR count). The first-order valence-corrected chi connectivity index (χ1v) is 3.59. The molecule has 1 aromatic carbocycles. The topological polar surface area (TPSA) is 46.2 Å². The van der Waals surface area contributed by atoms with Crippen molar-refractivity contribution in [3.05, 3.63) is 35.1 Å². The van der Waals surface area contributed by atoms with E-state index in [1.165, 1.54) is 0 Å². The Bertz CT molecular complexity index is 317. The van der Waals surface area contributed by atoms with Crippen LogP contribution in [0, 0.1) is 17.5 Å². The largest absolute Gasteiger partial charge is 0.387 e. The Balaban J connectivity index is 3.18. The van der Waals surface area contributed by atoms with Gasteiger partial charge in [0.25, 0.3) is 0 Å². The van der Waals surface area contributed by atoms with E-state index < -0.39 is 23.6 Å². The molecule has 2 nitrogen and oxygen atoms in total. The first kappa shape index (κ1) is 10.0. The summed E-state index contributed by atoms with van der Waals surface area (Å²) in [6, 6.07) is 1.71. The van der Waals surface area contributed by atoms with Crippen molar-refractivity contribution in [2.24, 2.45) is 5.73 Å². The smallest absolute Gasteiger partial charge is 0.194 e. The van der Waals surface area contributed by atoms with Gasteiger partial charge in [0.2, 0.25) is 0 Å². The average Bonchev–Trinajstić information content (AvgIpc) is 2.13. The maximum atomic E-state index is 12.9. The quantitative estimate of drug-likeness (QED) is 0.687.